The smallest absolute Gasteiger partial charge is 0.238 e. The molecule has 1 saturated heterocycles. The van der Waals surface area contributed by atoms with E-state index in [4.69, 9.17) is 0 Å². The first kappa shape index (κ1) is 19.2. The van der Waals surface area contributed by atoms with Crippen LogP contribution in [0.2, 0.25) is 0 Å². The summed E-state index contributed by atoms with van der Waals surface area (Å²) in [6, 6.07) is 9.30. The summed E-state index contributed by atoms with van der Waals surface area (Å²) in [6.07, 6.45) is 10.3. The molecule has 0 aromatic heterocycles. The molecule has 29 heavy (non-hydrogen) atoms. The Balaban J connectivity index is 1.50. The van der Waals surface area contributed by atoms with Crippen LogP contribution < -0.4 is 4.90 Å². The quantitative estimate of drug-likeness (QED) is 0.676. The van der Waals surface area contributed by atoms with Gasteiger partial charge in [0.25, 0.3) is 0 Å². The molecule has 1 aromatic carbocycles. The van der Waals surface area contributed by atoms with Gasteiger partial charge in [-0.2, -0.15) is 0 Å². The summed E-state index contributed by atoms with van der Waals surface area (Å²) >= 11 is 0. The first-order chi connectivity index (χ1) is 14.2. The highest BCUT2D eigenvalue weighted by Gasteiger charge is 2.55. The lowest BCUT2D eigenvalue weighted by Crippen LogP contribution is -2.37. The topological polar surface area (TPSA) is 54.5 Å². The monoisotopic (exact) mass is 411 g/mol. The summed E-state index contributed by atoms with van der Waals surface area (Å²) in [5.74, 6) is -0.621. The van der Waals surface area contributed by atoms with Gasteiger partial charge in [-0.1, -0.05) is 49.5 Å². The van der Waals surface area contributed by atoms with E-state index in [-0.39, 0.29) is 34.8 Å². The molecule has 0 bridgehead atoms. The molecular formula is C24H29NO3S. The average Bonchev–Trinajstić information content (AvgIpc) is 3.04. The van der Waals surface area contributed by atoms with Crippen molar-refractivity contribution in [1.82, 2.24) is 0 Å². The maximum Gasteiger partial charge on any atom is 0.238 e. The number of para-hydroxylation sites is 1. The number of carbonyl (C=O) groups excluding carboxylic acids is 2. The normalized spacial score (nSPS) is 31.6. The van der Waals surface area contributed by atoms with Crippen LogP contribution >= 0.6 is 0 Å². The molecule has 4 aliphatic rings. The molecular weight excluding hydrogens is 382 g/mol. The molecule has 2 saturated carbocycles. The summed E-state index contributed by atoms with van der Waals surface area (Å²) in [5.41, 5.74) is 1.95. The highest BCUT2D eigenvalue weighted by atomic mass is 32.2. The Morgan fingerprint density at radius 2 is 1.55 bits per heavy atom. The van der Waals surface area contributed by atoms with Crippen molar-refractivity contribution >= 4 is 28.3 Å². The fourth-order valence-electron chi connectivity index (χ4n) is 6.05. The van der Waals surface area contributed by atoms with Crippen LogP contribution in [0.3, 0.4) is 0 Å². The number of imide groups is 1. The highest BCUT2D eigenvalue weighted by molar-refractivity contribution is 7.89. The van der Waals surface area contributed by atoms with Crippen molar-refractivity contribution in [3.8, 4) is 0 Å². The van der Waals surface area contributed by atoms with Crippen molar-refractivity contribution in [2.75, 3.05) is 4.90 Å². The second-order valence-electron chi connectivity index (χ2n) is 9.04. The van der Waals surface area contributed by atoms with Crippen LogP contribution in [0, 0.1) is 17.8 Å². The SMILES string of the molecule is O=C1[C@@H]2[C@@H](CC(S(=O)C3CCCCC3)=C3CCCC[C@@H]32)C(=O)N1c1ccccc1. The van der Waals surface area contributed by atoms with Gasteiger partial charge in [0.05, 0.1) is 28.3 Å². The number of anilines is 1. The molecule has 1 unspecified atom stereocenters. The van der Waals surface area contributed by atoms with Gasteiger partial charge < -0.3 is 0 Å². The van der Waals surface area contributed by atoms with Crippen molar-refractivity contribution in [2.45, 2.75) is 69.5 Å². The van der Waals surface area contributed by atoms with Crippen LogP contribution in [-0.4, -0.2) is 21.3 Å². The number of hydrogen-bond acceptors (Lipinski definition) is 3. The highest BCUT2D eigenvalue weighted by Crippen LogP contribution is 2.51. The van der Waals surface area contributed by atoms with Crippen molar-refractivity contribution in [3.05, 3.63) is 40.8 Å². The largest absolute Gasteiger partial charge is 0.274 e. The predicted octanol–water partition coefficient (Wildman–Crippen LogP) is 4.72. The Morgan fingerprint density at radius 1 is 0.828 bits per heavy atom. The second kappa shape index (κ2) is 7.82. The third-order valence-corrected chi connectivity index (χ3v) is 9.44. The summed E-state index contributed by atoms with van der Waals surface area (Å²) in [5, 5.41) is 0.239. The van der Waals surface area contributed by atoms with Crippen LogP contribution in [0.5, 0.6) is 0 Å². The van der Waals surface area contributed by atoms with Crippen LogP contribution in [0.4, 0.5) is 5.69 Å². The predicted molar refractivity (Wildman–Crippen MR) is 115 cm³/mol. The summed E-state index contributed by atoms with van der Waals surface area (Å²) in [4.78, 5) is 29.2. The van der Waals surface area contributed by atoms with E-state index in [0.717, 1.165) is 56.3 Å². The van der Waals surface area contributed by atoms with Crippen LogP contribution in [0.1, 0.15) is 64.2 Å². The van der Waals surface area contributed by atoms with Crippen LogP contribution in [0.15, 0.2) is 40.8 Å². The maximum atomic E-state index is 13.6. The van der Waals surface area contributed by atoms with Crippen molar-refractivity contribution in [1.29, 1.82) is 0 Å². The number of rotatable bonds is 3. The fourth-order valence-corrected chi connectivity index (χ4v) is 8.07. The molecule has 1 aromatic rings. The minimum absolute atomic E-state index is 0.0434. The molecule has 4 nitrogen and oxygen atoms in total. The molecule has 1 heterocycles. The summed E-state index contributed by atoms with van der Waals surface area (Å²) in [7, 11) is -1.01. The van der Waals surface area contributed by atoms with Crippen molar-refractivity contribution in [3.63, 3.8) is 0 Å². The lowest BCUT2D eigenvalue weighted by atomic mass is 9.67. The van der Waals surface area contributed by atoms with Gasteiger partial charge in [0.2, 0.25) is 11.8 Å². The van der Waals surface area contributed by atoms with Gasteiger partial charge in [-0.3, -0.25) is 18.7 Å². The zero-order valence-corrected chi connectivity index (χ0v) is 17.7. The molecule has 2 amide bonds. The second-order valence-corrected chi connectivity index (χ2v) is 10.8. The maximum absolute atomic E-state index is 13.6. The lowest BCUT2D eigenvalue weighted by Gasteiger charge is -2.38. The Morgan fingerprint density at radius 3 is 2.31 bits per heavy atom. The minimum atomic E-state index is -1.01. The van der Waals surface area contributed by atoms with Crippen LogP contribution in [0.25, 0.3) is 0 Å². The number of benzene rings is 1. The third-order valence-electron chi connectivity index (χ3n) is 7.44. The Hall–Kier alpha value is -1.75. The zero-order valence-electron chi connectivity index (χ0n) is 16.8. The Labute approximate surface area is 175 Å². The lowest BCUT2D eigenvalue weighted by molar-refractivity contribution is -0.122. The molecule has 154 valence electrons. The van der Waals surface area contributed by atoms with Gasteiger partial charge in [0, 0.05) is 10.2 Å². The first-order valence-corrected chi connectivity index (χ1v) is 12.4. The fraction of sp³-hybridized carbons (Fsp3) is 0.583. The van der Waals surface area contributed by atoms with Gasteiger partial charge in [0.15, 0.2) is 0 Å². The Kier molecular flexibility index (Phi) is 5.19. The minimum Gasteiger partial charge on any atom is -0.274 e. The summed E-state index contributed by atoms with van der Waals surface area (Å²) < 4.78 is 13.6. The van der Waals surface area contributed by atoms with E-state index in [1.165, 1.54) is 16.9 Å². The van der Waals surface area contributed by atoms with E-state index in [9.17, 15) is 13.8 Å². The molecule has 3 fully saturated rings. The van der Waals surface area contributed by atoms with Gasteiger partial charge in [-0.25, -0.2) is 0 Å². The van der Waals surface area contributed by atoms with E-state index < -0.39 is 10.8 Å². The number of amides is 2. The van der Waals surface area contributed by atoms with Crippen molar-refractivity contribution in [2.24, 2.45) is 17.8 Å². The number of nitrogens with zero attached hydrogens (tertiary/aromatic N) is 1. The average molecular weight is 412 g/mol. The third kappa shape index (κ3) is 3.22. The van der Waals surface area contributed by atoms with E-state index in [1.54, 1.807) is 0 Å². The Bertz CT molecular complexity index is 871. The van der Waals surface area contributed by atoms with E-state index in [2.05, 4.69) is 0 Å². The molecule has 5 rings (SSSR count). The first-order valence-electron chi connectivity index (χ1n) is 11.2. The zero-order chi connectivity index (χ0) is 20.0. The molecule has 4 atom stereocenters. The molecule has 3 aliphatic carbocycles. The van der Waals surface area contributed by atoms with Gasteiger partial charge in [-0.05, 0) is 56.6 Å². The van der Waals surface area contributed by atoms with Gasteiger partial charge in [-0.15, -0.1) is 0 Å². The van der Waals surface area contributed by atoms with E-state index in [0.29, 0.717) is 12.1 Å². The van der Waals surface area contributed by atoms with Gasteiger partial charge in [0.1, 0.15) is 0 Å². The molecule has 0 radical (unpaired) electrons. The van der Waals surface area contributed by atoms with Crippen LogP contribution in [-0.2, 0) is 20.4 Å². The molecule has 5 heteroatoms. The molecule has 0 spiro atoms. The van der Waals surface area contributed by atoms with E-state index in [1.807, 2.05) is 30.3 Å². The number of fused-ring (bicyclic) bond motifs is 3. The standard InChI is InChI=1S/C24H29NO3S/c26-23-20-15-21(29(28)17-11-5-2-6-12-17)18-13-7-8-14-19(18)22(20)24(27)25(23)16-9-3-1-4-10-16/h1,3-4,9-10,17,19-20,22H,2,5-8,11-15H2/t19-,20+,22-,29?/m0/s1. The molecule has 1 aliphatic heterocycles. The number of allylic oxidation sites excluding steroid dienone is 2. The summed E-state index contributed by atoms with van der Waals surface area (Å²) in [6.45, 7) is 0. The van der Waals surface area contributed by atoms with E-state index >= 15 is 0 Å². The van der Waals surface area contributed by atoms with Crippen molar-refractivity contribution < 1.29 is 13.8 Å². The molecule has 0 N–H and O–H groups in total. The van der Waals surface area contributed by atoms with Gasteiger partial charge >= 0.3 is 0 Å². The number of carbonyl (C=O) groups is 2. The number of hydrogen-bond donors (Lipinski definition) is 0.